The molecule has 6 heteroatoms. The summed E-state index contributed by atoms with van der Waals surface area (Å²) in [7, 11) is 1.70. The first-order valence-electron chi connectivity index (χ1n) is 8.43. The number of rotatable bonds is 4. The van der Waals surface area contributed by atoms with Gasteiger partial charge in [-0.15, -0.1) is 0 Å². The number of likely N-dealkylation sites (tertiary alicyclic amines) is 1. The molecular weight excluding hydrogens is 304 g/mol. The van der Waals surface area contributed by atoms with Crippen LogP contribution in [0.2, 0.25) is 0 Å². The number of carbonyl (C=O) groups is 1. The normalized spacial score (nSPS) is 21.8. The number of ether oxygens (including phenoxy) is 1. The van der Waals surface area contributed by atoms with Crippen LogP contribution in [0.25, 0.3) is 5.65 Å². The molecule has 1 N–H and O–H groups in total. The van der Waals surface area contributed by atoms with Crippen molar-refractivity contribution in [1.29, 1.82) is 0 Å². The molecule has 24 heavy (non-hydrogen) atoms. The van der Waals surface area contributed by atoms with Gasteiger partial charge < -0.3 is 10.1 Å². The number of fused-ring (bicyclic) bond motifs is 1. The third-order valence-corrected chi connectivity index (χ3v) is 4.80. The predicted molar refractivity (Wildman–Crippen MR) is 93.4 cm³/mol. The topological polar surface area (TPSA) is 58.9 Å². The first-order chi connectivity index (χ1) is 11.4. The van der Waals surface area contributed by atoms with Gasteiger partial charge in [0.15, 0.2) is 0 Å². The van der Waals surface area contributed by atoms with Crippen LogP contribution >= 0.6 is 0 Å². The summed E-state index contributed by atoms with van der Waals surface area (Å²) in [6.07, 6.45) is 1.96. The molecule has 3 rings (SSSR count). The summed E-state index contributed by atoms with van der Waals surface area (Å²) >= 11 is 0. The molecule has 0 radical (unpaired) electrons. The van der Waals surface area contributed by atoms with Crippen LogP contribution in [-0.2, 0) is 4.74 Å². The molecule has 0 unspecified atom stereocenters. The van der Waals surface area contributed by atoms with Gasteiger partial charge in [0.25, 0.3) is 5.91 Å². The summed E-state index contributed by atoms with van der Waals surface area (Å²) in [5.74, 6) is -0.0942. The van der Waals surface area contributed by atoms with Crippen molar-refractivity contribution in [3.63, 3.8) is 0 Å². The average Bonchev–Trinajstić information content (AvgIpc) is 3.07. The molecular formula is C18H26N4O2. The van der Waals surface area contributed by atoms with Crippen molar-refractivity contribution in [2.24, 2.45) is 0 Å². The van der Waals surface area contributed by atoms with Crippen LogP contribution in [0.15, 0.2) is 18.3 Å². The molecule has 1 saturated heterocycles. The summed E-state index contributed by atoms with van der Waals surface area (Å²) < 4.78 is 7.45. The number of aryl methyl sites for hydroxylation is 2. The maximum atomic E-state index is 12.9. The lowest BCUT2D eigenvalue weighted by Gasteiger charge is -2.20. The summed E-state index contributed by atoms with van der Waals surface area (Å²) in [6, 6.07) is 4.36. The van der Waals surface area contributed by atoms with E-state index in [1.807, 2.05) is 36.6 Å². The molecule has 3 heterocycles. The molecule has 0 aromatic carbocycles. The molecule has 130 valence electrons. The van der Waals surface area contributed by atoms with E-state index < -0.39 is 0 Å². The van der Waals surface area contributed by atoms with E-state index in [1.54, 1.807) is 7.11 Å². The summed E-state index contributed by atoms with van der Waals surface area (Å²) in [4.78, 5) is 19.7. The van der Waals surface area contributed by atoms with Crippen LogP contribution < -0.4 is 5.32 Å². The van der Waals surface area contributed by atoms with E-state index in [4.69, 9.17) is 4.74 Å². The van der Waals surface area contributed by atoms with Crippen molar-refractivity contribution in [3.05, 3.63) is 35.3 Å². The zero-order valence-electron chi connectivity index (χ0n) is 15.0. The summed E-state index contributed by atoms with van der Waals surface area (Å²) in [5, 5.41) is 3.15. The van der Waals surface area contributed by atoms with Crippen molar-refractivity contribution >= 4 is 11.6 Å². The number of carbonyl (C=O) groups excluding carboxylic acids is 1. The van der Waals surface area contributed by atoms with Crippen molar-refractivity contribution in [2.45, 2.75) is 45.9 Å². The second kappa shape index (κ2) is 6.53. The molecule has 2 aromatic heterocycles. The number of pyridine rings is 1. The first-order valence-corrected chi connectivity index (χ1v) is 8.43. The Bertz CT molecular complexity index is 753. The SMILES string of the molecule is CO[C@@H]1CN(C(C)C)C[C@H]1NC(=O)c1c(C)nc2ccc(C)cn12. The van der Waals surface area contributed by atoms with E-state index in [0.29, 0.717) is 11.7 Å². The number of methoxy groups -OCH3 is 1. The third kappa shape index (κ3) is 3.03. The summed E-state index contributed by atoms with van der Waals surface area (Å²) in [6.45, 7) is 9.85. The fourth-order valence-electron chi connectivity index (χ4n) is 3.38. The van der Waals surface area contributed by atoms with Gasteiger partial charge in [0.2, 0.25) is 0 Å². The van der Waals surface area contributed by atoms with Crippen molar-refractivity contribution in [3.8, 4) is 0 Å². The molecule has 0 bridgehead atoms. The van der Waals surface area contributed by atoms with E-state index in [9.17, 15) is 4.79 Å². The lowest BCUT2D eigenvalue weighted by molar-refractivity contribution is 0.0749. The largest absolute Gasteiger partial charge is 0.378 e. The van der Waals surface area contributed by atoms with Crippen LogP contribution in [0, 0.1) is 13.8 Å². The molecule has 1 amide bonds. The molecule has 2 atom stereocenters. The van der Waals surface area contributed by atoms with Crippen molar-refractivity contribution < 1.29 is 9.53 Å². The van der Waals surface area contributed by atoms with Gasteiger partial charge in [-0.05, 0) is 39.3 Å². The second-order valence-corrected chi connectivity index (χ2v) is 6.88. The van der Waals surface area contributed by atoms with E-state index in [0.717, 1.165) is 30.0 Å². The average molecular weight is 330 g/mol. The van der Waals surface area contributed by atoms with Gasteiger partial charge in [-0.3, -0.25) is 14.1 Å². The van der Waals surface area contributed by atoms with Crippen LogP contribution in [0.5, 0.6) is 0 Å². The summed E-state index contributed by atoms with van der Waals surface area (Å²) in [5.41, 5.74) is 3.23. The van der Waals surface area contributed by atoms with Crippen LogP contribution in [0.1, 0.15) is 35.6 Å². The van der Waals surface area contributed by atoms with Crippen LogP contribution in [-0.4, -0.2) is 58.6 Å². The molecule has 0 aliphatic carbocycles. The number of aromatic nitrogens is 2. The molecule has 1 aliphatic rings. The van der Waals surface area contributed by atoms with Crippen LogP contribution in [0.4, 0.5) is 0 Å². The fraction of sp³-hybridized carbons (Fsp3) is 0.556. The van der Waals surface area contributed by atoms with Gasteiger partial charge >= 0.3 is 0 Å². The first kappa shape index (κ1) is 16.9. The highest BCUT2D eigenvalue weighted by Crippen LogP contribution is 2.18. The molecule has 2 aromatic rings. The third-order valence-electron chi connectivity index (χ3n) is 4.80. The highest BCUT2D eigenvalue weighted by Gasteiger charge is 2.35. The monoisotopic (exact) mass is 330 g/mol. The van der Waals surface area contributed by atoms with Gasteiger partial charge in [0, 0.05) is 32.4 Å². The van der Waals surface area contributed by atoms with E-state index >= 15 is 0 Å². The Balaban J connectivity index is 1.85. The molecule has 0 saturated carbocycles. The molecule has 1 fully saturated rings. The Morgan fingerprint density at radius 1 is 1.33 bits per heavy atom. The number of imidazole rings is 1. The standard InChI is InChI=1S/C18H26N4O2/c1-11(2)21-9-14(15(10-21)24-5)20-18(23)17-13(4)19-16-7-6-12(3)8-22(16)17/h6-8,11,14-15H,9-10H2,1-5H3,(H,20,23)/t14-,15-/m1/s1. The van der Waals surface area contributed by atoms with Gasteiger partial charge in [0.1, 0.15) is 11.3 Å². The Morgan fingerprint density at radius 3 is 2.75 bits per heavy atom. The minimum absolute atomic E-state index is 0.0116. The number of hydrogen-bond acceptors (Lipinski definition) is 4. The number of hydrogen-bond donors (Lipinski definition) is 1. The van der Waals surface area contributed by atoms with Crippen molar-refractivity contribution in [2.75, 3.05) is 20.2 Å². The van der Waals surface area contributed by atoms with E-state index in [1.165, 1.54) is 0 Å². The Morgan fingerprint density at radius 2 is 2.08 bits per heavy atom. The molecule has 0 spiro atoms. The second-order valence-electron chi connectivity index (χ2n) is 6.88. The maximum absolute atomic E-state index is 12.9. The highest BCUT2D eigenvalue weighted by molar-refractivity contribution is 5.95. The quantitative estimate of drug-likeness (QED) is 0.928. The van der Waals surface area contributed by atoms with Gasteiger partial charge in [-0.2, -0.15) is 0 Å². The number of amides is 1. The maximum Gasteiger partial charge on any atom is 0.270 e. The predicted octanol–water partition coefficient (Wildman–Crippen LogP) is 1.79. The smallest absolute Gasteiger partial charge is 0.270 e. The van der Waals surface area contributed by atoms with Gasteiger partial charge in [-0.25, -0.2) is 4.98 Å². The minimum Gasteiger partial charge on any atom is -0.378 e. The Hall–Kier alpha value is -1.92. The minimum atomic E-state index is -0.0942. The number of nitrogens with one attached hydrogen (secondary N) is 1. The highest BCUT2D eigenvalue weighted by atomic mass is 16.5. The van der Waals surface area contributed by atoms with Crippen LogP contribution in [0.3, 0.4) is 0 Å². The zero-order valence-corrected chi connectivity index (χ0v) is 15.0. The Kier molecular flexibility index (Phi) is 4.60. The Labute approximate surface area is 142 Å². The molecule has 1 aliphatic heterocycles. The van der Waals surface area contributed by atoms with E-state index in [-0.39, 0.29) is 18.1 Å². The van der Waals surface area contributed by atoms with Crippen molar-refractivity contribution in [1.82, 2.24) is 19.6 Å². The lowest BCUT2D eigenvalue weighted by atomic mass is 10.2. The fourth-order valence-corrected chi connectivity index (χ4v) is 3.38. The van der Waals surface area contributed by atoms with Gasteiger partial charge in [0.05, 0.1) is 17.8 Å². The van der Waals surface area contributed by atoms with Gasteiger partial charge in [-0.1, -0.05) is 6.07 Å². The lowest BCUT2D eigenvalue weighted by Crippen LogP contribution is -2.44. The molecule has 6 nitrogen and oxygen atoms in total. The zero-order chi connectivity index (χ0) is 17.4. The number of nitrogens with zero attached hydrogens (tertiary/aromatic N) is 3. The van der Waals surface area contributed by atoms with E-state index in [2.05, 4.69) is 29.0 Å².